The highest BCUT2D eigenvalue weighted by Crippen LogP contribution is 2.19. The average molecular weight is 257 g/mol. The number of aromatic nitrogens is 1. The summed E-state index contributed by atoms with van der Waals surface area (Å²) in [5.41, 5.74) is -0.491. The number of nitrogens with one attached hydrogen (secondary N) is 1. The molecule has 0 spiro atoms. The minimum absolute atomic E-state index is 0.293. The Labute approximate surface area is 102 Å². The third kappa shape index (κ3) is 3.12. The van der Waals surface area contributed by atoms with Gasteiger partial charge in [-0.1, -0.05) is 13.8 Å². The fourth-order valence-electron chi connectivity index (χ4n) is 1.29. The largest absolute Gasteiger partial charge is 0.480 e. The van der Waals surface area contributed by atoms with E-state index in [1.807, 2.05) is 0 Å². The summed E-state index contributed by atoms with van der Waals surface area (Å²) >= 11 is 0. The van der Waals surface area contributed by atoms with E-state index in [4.69, 9.17) is 5.11 Å². The smallest absolute Gasteiger partial charge is 0.326 e. The molecule has 1 aromatic heterocycles. The predicted molar refractivity (Wildman–Crippen MR) is 60.7 cm³/mol. The van der Waals surface area contributed by atoms with Crippen molar-refractivity contribution in [2.45, 2.75) is 19.9 Å². The van der Waals surface area contributed by atoms with E-state index in [0.717, 1.165) is 6.20 Å². The second-order valence-electron chi connectivity index (χ2n) is 3.99. The van der Waals surface area contributed by atoms with Gasteiger partial charge in [0.2, 0.25) is 0 Å². The van der Waals surface area contributed by atoms with Crippen LogP contribution < -0.4 is 5.32 Å². The molecule has 18 heavy (non-hydrogen) atoms. The van der Waals surface area contributed by atoms with Crippen LogP contribution in [0.5, 0.6) is 0 Å². The lowest BCUT2D eigenvalue weighted by Crippen LogP contribution is -2.34. The van der Waals surface area contributed by atoms with Gasteiger partial charge < -0.3 is 10.4 Å². The molecule has 0 aromatic carbocycles. The van der Waals surface area contributed by atoms with Gasteiger partial charge in [0.25, 0.3) is 5.69 Å². The van der Waals surface area contributed by atoms with Crippen molar-refractivity contribution in [3.63, 3.8) is 0 Å². The van der Waals surface area contributed by atoms with Crippen molar-refractivity contribution < 1.29 is 19.2 Å². The highest BCUT2D eigenvalue weighted by atomic mass is 19.1. The molecule has 7 nitrogen and oxygen atoms in total. The normalized spacial score (nSPS) is 12.2. The van der Waals surface area contributed by atoms with Crippen LogP contribution in [0.15, 0.2) is 12.3 Å². The first-order valence-electron chi connectivity index (χ1n) is 5.12. The summed E-state index contributed by atoms with van der Waals surface area (Å²) < 4.78 is 13.5. The molecule has 0 amide bonds. The summed E-state index contributed by atoms with van der Waals surface area (Å²) in [5, 5.41) is 21.7. The van der Waals surface area contributed by atoms with Crippen molar-refractivity contribution in [2.24, 2.45) is 5.92 Å². The van der Waals surface area contributed by atoms with Gasteiger partial charge in [-0.15, -0.1) is 0 Å². The lowest BCUT2D eigenvalue weighted by molar-refractivity contribution is -0.385. The summed E-state index contributed by atoms with van der Waals surface area (Å²) in [6.45, 7) is 3.30. The Morgan fingerprint density at radius 2 is 2.22 bits per heavy atom. The Bertz CT molecular complexity index is 478. The number of carbonyl (C=O) groups is 1. The van der Waals surface area contributed by atoms with E-state index in [2.05, 4.69) is 10.3 Å². The number of aliphatic carboxylic acids is 1. The molecule has 1 rings (SSSR count). The predicted octanol–water partition coefficient (Wildman–Crippen LogP) is 1.65. The molecular weight excluding hydrogens is 245 g/mol. The van der Waals surface area contributed by atoms with Crippen LogP contribution in [0.1, 0.15) is 13.8 Å². The number of nitrogens with zero attached hydrogens (tertiary/aromatic N) is 2. The number of rotatable bonds is 5. The molecule has 0 aliphatic carbocycles. The van der Waals surface area contributed by atoms with E-state index in [1.165, 1.54) is 0 Å². The Kier molecular flexibility index (Phi) is 4.13. The quantitative estimate of drug-likeness (QED) is 0.613. The number of anilines is 1. The van der Waals surface area contributed by atoms with Crippen molar-refractivity contribution in [1.82, 2.24) is 4.98 Å². The molecular formula is C10H12FN3O4. The summed E-state index contributed by atoms with van der Waals surface area (Å²) in [5.74, 6) is -2.72. The second kappa shape index (κ2) is 5.39. The Morgan fingerprint density at radius 1 is 1.61 bits per heavy atom. The van der Waals surface area contributed by atoms with Gasteiger partial charge in [-0.3, -0.25) is 10.1 Å². The maximum absolute atomic E-state index is 13.5. The van der Waals surface area contributed by atoms with Crippen molar-refractivity contribution in [3.05, 3.63) is 28.2 Å². The standard InChI is InChI=1S/C10H12FN3O4/c1-5(2)8(10(15)16)13-9-7(11)3-6(4-12-9)14(17)18/h3-5,8H,1-2H3,(H,12,13)(H,15,16)/t8-/m0/s1. The summed E-state index contributed by atoms with van der Waals surface area (Å²) in [4.78, 5) is 24.0. The van der Waals surface area contributed by atoms with Gasteiger partial charge in [-0.2, -0.15) is 0 Å². The summed E-state index contributed by atoms with van der Waals surface area (Å²) in [7, 11) is 0. The van der Waals surface area contributed by atoms with Gasteiger partial charge in [-0.25, -0.2) is 14.2 Å². The van der Waals surface area contributed by atoms with Crippen LogP contribution in [0.3, 0.4) is 0 Å². The SMILES string of the molecule is CC(C)[C@H](Nc1ncc([N+](=O)[O-])cc1F)C(=O)O. The maximum Gasteiger partial charge on any atom is 0.326 e. The molecule has 0 bridgehead atoms. The van der Waals surface area contributed by atoms with Gasteiger partial charge in [-0.05, 0) is 5.92 Å². The number of hydrogen-bond donors (Lipinski definition) is 2. The van der Waals surface area contributed by atoms with Crippen LogP contribution in [0, 0.1) is 21.8 Å². The zero-order valence-corrected chi connectivity index (χ0v) is 9.75. The van der Waals surface area contributed by atoms with Crippen LogP contribution in [0.25, 0.3) is 0 Å². The van der Waals surface area contributed by atoms with Crippen molar-refractivity contribution in [3.8, 4) is 0 Å². The number of halogens is 1. The lowest BCUT2D eigenvalue weighted by Gasteiger charge is -2.18. The molecule has 1 aromatic rings. The van der Waals surface area contributed by atoms with Gasteiger partial charge >= 0.3 is 5.97 Å². The molecule has 0 saturated heterocycles. The third-order valence-electron chi connectivity index (χ3n) is 2.26. The number of hydrogen-bond acceptors (Lipinski definition) is 5. The molecule has 98 valence electrons. The molecule has 0 fully saturated rings. The van der Waals surface area contributed by atoms with E-state index in [0.29, 0.717) is 6.07 Å². The van der Waals surface area contributed by atoms with E-state index in [-0.39, 0.29) is 11.7 Å². The fraction of sp³-hybridized carbons (Fsp3) is 0.400. The van der Waals surface area contributed by atoms with E-state index in [1.54, 1.807) is 13.8 Å². The molecule has 0 aliphatic rings. The molecule has 2 N–H and O–H groups in total. The van der Waals surface area contributed by atoms with Crippen LogP contribution in [0.2, 0.25) is 0 Å². The van der Waals surface area contributed by atoms with Crippen LogP contribution >= 0.6 is 0 Å². The minimum atomic E-state index is -1.15. The van der Waals surface area contributed by atoms with Crippen molar-refractivity contribution >= 4 is 17.5 Å². The molecule has 0 aliphatic heterocycles. The molecule has 0 radical (unpaired) electrons. The number of carboxylic acids is 1. The molecule has 0 saturated carbocycles. The van der Waals surface area contributed by atoms with Crippen LogP contribution in [-0.2, 0) is 4.79 Å². The molecule has 0 unspecified atom stereocenters. The zero-order valence-electron chi connectivity index (χ0n) is 9.75. The fourth-order valence-corrected chi connectivity index (χ4v) is 1.29. The van der Waals surface area contributed by atoms with Gasteiger partial charge in [0.15, 0.2) is 11.6 Å². The van der Waals surface area contributed by atoms with Crippen LogP contribution in [-0.4, -0.2) is 27.0 Å². The number of nitro groups is 1. The highest BCUT2D eigenvalue weighted by Gasteiger charge is 2.23. The second-order valence-corrected chi connectivity index (χ2v) is 3.99. The Hall–Kier alpha value is -2.25. The van der Waals surface area contributed by atoms with Crippen LogP contribution in [0.4, 0.5) is 15.9 Å². The third-order valence-corrected chi connectivity index (χ3v) is 2.26. The first kappa shape index (κ1) is 13.8. The van der Waals surface area contributed by atoms with E-state index in [9.17, 15) is 19.3 Å². The average Bonchev–Trinajstić information content (AvgIpc) is 2.25. The van der Waals surface area contributed by atoms with Crippen molar-refractivity contribution in [2.75, 3.05) is 5.32 Å². The van der Waals surface area contributed by atoms with Gasteiger partial charge in [0.1, 0.15) is 12.2 Å². The molecule has 8 heteroatoms. The van der Waals surface area contributed by atoms with Gasteiger partial charge in [0.05, 0.1) is 11.0 Å². The molecule has 1 atom stereocenters. The number of pyridine rings is 1. The van der Waals surface area contributed by atoms with E-state index >= 15 is 0 Å². The van der Waals surface area contributed by atoms with Crippen molar-refractivity contribution in [1.29, 1.82) is 0 Å². The first-order valence-corrected chi connectivity index (χ1v) is 5.12. The summed E-state index contributed by atoms with van der Waals surface area (Å²) in [6, 6.07) is -0.331. The monoisotopic (exact) mass is 257 g/mol. The zero-order chi connectivity index (χ0) is 13.9. The summed E-state index contributed by atoms with van der Waals surface area (Å²) in [6.07, 6.45) is 0.866. The Balaban J connectivity index is 2.97. The first-order chi connectivity index (χ1) is 8.32. The lowest BCUT2D eigenvalue weighted by atomic mass is 10.1. The number of carboxylic acid groups (broad SMARTS) is 1. The maximum atomic E-state index is 13.5. The Morgan fingerprint density at radius 3 is 2.61 bits per heavy atom. The minimum Gasteiger partial charge on any atom is -0.480 e. The molecule has 1 heterocycles. The van der Waals surface area contributed by atoms with Gasteiger partial charge in [0, 0.05) is 0 Å². The highest BCUT2D eigenvalue weighted by molar-refractivity contribution is 5.77. The van der Waals surface area contributed by atoms with E-state index < -0.39 is 28.4 Å². The topological polar surface area (TPSA) is 105 Å².